The Balaban J connectivity index is 1.03. The summed E-state index contributed by atoms with van der Waals surface area (Å²) in [6.45, 7) is 0. The zero-order chi connectivity index (χ0) is 33.5. The van der Waals surface area contributed by atoms with E-state index in [9.17, 15) is 0 Å². The second kappa shape index (κ2) is 11.3. The van der Waals surface area contributed by atoms with Crippen LogP contribution in [0.5, 0.6) is 0 Å². The number of fused-ring (bicyclic) bond motifs is 8. The van der Waals surface area contributed by atoms with Gasteiger partial charge in [-0.2, -0.15) is 0 Å². The standard InChI is InChI=1S/C45H30N4OS/c1-3-11-27(12-4-1)43-46-44(28-13-5-2-6-14-28)48-45(47-43)30-21-23-33-40(26-30)51-39-20-10-15-31(41(33)39)29-22-24-35-34(25-29)32-16-9-19-38-42(32)49(35)36-17-7-8-18-37(36)50-38/h1-26,36-38,42H. The van der Waals surface area contributed by atoms with Crippen LogP contribution >= 0.6 is 11.3 Å². The molecule has 11 rings (SSSR count). The maximum Gasteiger partial charge on any atom is 0.164 e. The fraction of sp³-hybridized carbons (Fsp3) is 0.0889. The van der Waals surface area contributed by atoms with Gasteiger partial charge in [0.15, 0.2) is 17.5 Å². The van der Waals surface area contributed by atoms with E-state index in [1.807, 2.05) is 72.0 Å². The number of rotatable bonds is 4. The van der Waals surface area contributed by atoms with E-state index in [2.05, 4.69) is 102 Å². The summed E-state index contributed by atoms with van der Waals surface area (Å²) in [4.78, 5) is 17.5. The molecule has 2 aromatic heterocycles. The molecule has 4 atom stereocenters. The number of benzene rings is 5. The van der Waals surface area contributed by atoms with Crippen molar-refractivity contribution < 1.29 is 4.74 Å². The minimum atomic E-state index is 0.0358. The van der Waals surface area contributed by atoms with E-state index >= 15 is 0 Å². The van der Waals surface area contributed by atoms with Gasteiger partial charge in [-0.05, 0) is 41.0 Å². The van der Waals surface area contributed by atoms with Crippen LogP contribution in [0.1, 0.15) is 5.56 Å². The first-order valence-corrected chi connectivity index (χ1v) is 18.2. The van der Waals surface area contributed by atoms with Gasteiger partial charge >= 0.3 is 0 Å². The quantitative estimate of drug-likeness (QED) is 0.186. The minimum absolute atomic E-state index is 0.0358. The van der Waals surface area contributed by atoms with Crippen molar-refractivity contribution in [2.45, 2.75) is 24.3 Å². The molecule has 4 heterocycles. The molecule has 0 bridgehead atoms. The lowest BCUT2D eigenvalue weighted by Crippen LogP contribution is -2.58. The van der Waals surface area contributed by atoms with Crippen molar-refractivity contribution in [1.29, 1.82) is 0 Å². The molecule has 242 valence electrons. The summed E-state index contributed by atoms with van der Waals surface area (Å²) in [5, 5.41) is 2.52. The van der Waals surface area contributed by atoms with Crippen LogP contribution in [0, 0.1) is 0 Å². The fourth-order valence-corrected chi connectivity index (χ4v) is 9.43. The van der Waals surface area contributed by atoms with Crippen molar-refractivity contribution in [1.82, 2.24) is 15.0 Å². The molecule has 0 radical (unpaired) electrons. The molecule has 1 fully saturated rings. The number of ether oxygens (including phenoxy) is 1. The Morgan fingerprint density at radius 2 is 1.25 bits per heavy atom. The Hall–Kier alpha value is -5.95. The van der Waals surface area contributed by atoms with Gasteiger partial charge < -0.3 is 9.64 Å². The summed E-state index contributed by atoms with van der Waals surface area (Å²) < 4.78 is 9.07. The van der Waals surface area contributed by atoms with Crippen LogP contribution in [0.15, 0.2) is 158 Å². The number of hydrogen-bond donors (Lipinski definition) is 0. The topological polar surface area (TPSA) is 51.1 Å². The summed E-state index contributed by atoms with van der Waals surface area (Å²) >= 11 is 1.82. The van der Waals surface area contributed by atoms with E-state index in [0.29, 0.717) is 17.5 Å². The van der Waals surface area contributed by atoms with Gasteiger partial charge in [-0.15, -0.1) is 11.3 Å². The normalized spacial score (nSPS) is 21.1. The molecule has 0 spiro atoms. The summed E-state index contributed by atoms with van der Waals surface area (Å²) in [5.41, 5.74) is 9.30. The van der Waals surface area contributed by atoms with Crippen molar-refractivity contribution in [3.63, 3.8) is 0 Å². The first kappa shape index (κ1) is 28.8. The summed E-state index contributed by atoms with van der Waals surface area (Å²) in [7, 11) is 0. The molecule has 5 aromatic carbocycles. The summed E-state index contributed by atoms with van der Waals surface area (Å²) in [6.07, 6.45) is 15.5. The molecule has 51 heavy (non-hydrogen) atoms. The molecule has 1 saturated heterocycles. The molecule has 0 N–H and O–H groups in total. The highest BCUT2D eigenvalue weighted by molar-refractivity contribution is 7.26. The lowest BCUT2D eigenvalue weighted by atomic mass is 9.89. The Bertz CT molecular complexity index is 2600. The first-order chi connectivity index (χ1) is 25.3. The second-order valence-electron chi connectivity index (χ2n) is 13.4. The van der Waals surface area contributed by atoms with Gasteiger partial charge in [0.1, 0.15) is 12.2 Å². The van der Waals surface area contributed by atoms with Gasteiger partial charge in [0, 0.05) is 48.1 Å². The Labute approximate surface area is 299 Å². The average molecular weight is 675 g/mol. The van der Waals surface area contributed by atoms with Crippen LogP contribution in [-0.2, 0) is 4.74 Å². The molecular weight excluding hydrogens is 645 g/mol. The summed E-state index contributed by atoms with van der Waals surface area (Å²) in [6, 6.07) is 41.0. The highest BCUT2D eigenvalue weighted by atomic mass is 32.1. The van der Waals surface area contributed by atoms with Crippen molar-refractivity contribution in [2.75, 3.05) is 4.90 Å². The molecule has 4 aliphatic rings. The van der Waals surface area contributed by atoms with E-state index in [1.54, 1.807) is 0 Å². The molecule has 2 aliphatic carbocycles. The van der Waals surface area contributed by atoms with Crippen LogP contribution < -0.4 is 4.90 Å². The molecule has 6 heteroatoms. The SMILES string of the molecule is C1=CC2OC3C=CC=C4c5cc(-c6cccc7sc8cc(-c9nc(-c%10ccccc%10)nc(-c%10ccccc%10)n9)ccc8c67)ccc5N(C2C=C1)C43. The number of anilines is 1. The van der Waals surface area contributed by atoms with Crippen LogP contribution in [0.4, 0.5) is 5.69 Å². The molecule has 0 saturated carbocycles. The van der Waals surface area contributed by atoms with E-state index < -0.39 is 0 Å². The monoisotopic (exact) mass is 674 g/mol. The van der Waals surface area contributed by atoms with E-state index in [0.717, 1.165) is 16.7 Å². The van der Waals surface area contributed by atoms with E-state index in [-0.39, 0.29) is 24.3 Å². The molecule has 7 aromatic rings. The predicted octanol–water partition coefficient (Wildman–Crippen LogP) is 10.3. The Morgan fingerprint density at radius 3 is 2.04 bits per heavy atom. The Morgan fingerprint density at radius 1 is 0.549 bits per heavy atom. The maximum atomic E-state index is 6.60. The zero-order valence-electron chi connectivity index (χ0n) is 27.4. The lowest BCUT2D eigenvalue weighted by Gasteiger charge is -2.47. The Kier molecular flexibility index (Phi) is 6.38. The number of morpholine rings is 1. The van der Waals surface area contributed by atoms with Gasteiger partial charge in [-0.3, -0.25) is 0 Å². The van der Waals surface area contributed by atoms with Gasteiger partial charge in [-0.1, -0.05) is 134 Å². The van der Waals surface area contributed by atoms with Crippen molar-refractivity contribution in [2.24, 2.45) is 0 Å². The summed E-state index contributed by atoms with van der Waals surface area (Å²) in [5.74, 6) is 2.00. The van der Waals surface area contributed by atoms with Gasteiger partial charge in [0.05, 0.1) is 12.1 Å². The van der Waals surface area contributed by atoms with Crippen LogP contribution in [0.25, 0.3) is 71.0 Å². The van der Waals surface area contributed by atoms with E-state index in [1.165, 1.54) is 48.1 Å². The molecule has 0 amide bonds. The first-order valence-electron chi connectivity index (χ1n) is 17.4. The van der Waals surface area contributed by atoms with Crippen LogP contribution in [0.3, 0.4) is 0 Å². The van der Waals surface area contributed by atoms with Gasteiger partial charge in [0.25, 0.3) is 0 Å². The number of hydrogen-bond acceptors (Lipinski definition) is 6. The predicted molar refractivity (Wildman–Crippen MR) is 209 cm³/mol. The maximum absolute atomic E-state index is 6.60. The molecule has 2 aliphatic heterocycles. The molecular formula is C45H30N4OS. The minimum Gasteiger partial charge on any atom is -0.362 e. The second-order valence-corrected chi connectivity index (χ2v) is 14.5. The van der Waals surface area contributed by atoms with Crippen LogP contribution in [-0.4, -0.2) is 39.2 Å². The van der Waals surface area contributed by atoms with Gasteiger partial charge in [0.2, 0.25) is 0 Å². The third-order valence-corrected chi connectivity index (χ3v) is 11.7. The van der Waals surface area contributed by atoms with E-state index in [4.69, 9.17) is 19.7 Å². The van der Waals surface area contributed by atoms with Crippen molar-refractivity contribution in [3.05, 3.63) is 163 Å². The highest BCUT2D eigenvalue weighted by Crippen LogP contribution is 2.51. The number of allylic oxidation sites excluding steroid dienone is 4. The number of aromatic nitrogens is 3. The fourth-order valence-electron chi connectivity index (χ4n) is 8.26. The molecule has 5 nitrogen and oxygen atoms in total. The smallest absolute Gasteiger partial charge is 0.164 e. The number of thiophene rings is 1. The van der Waals surface area contributed by atoms with Crippen LogP contribution in [0.2, 0.25) is 0 Å². The van der Waals surface area contributed by atoms with Crippen molar-refractivity contribution in [3.8, 4) is 45.3 Å². The number of nitrogens with zero attached hydrogens (tertiary/aromatic N) is 4. The lowest BCUT2D eigenvalue weighted by molar-refractivity contribution is -0.00200. The van der Waals surface area contributed by atoms with Crippen molar-refractivity contribution >= 4 is 42.8 Å². The molecule has 4 unspecified atom stereocenters. The van der Waals surface area contributed by atoms with Gasteiger partial charge in [-0.25, -0.2) is 15.0 Å². The third kappa shape index (κ3) is 4.54. The largest absolute Gasteiger partial charge is 0.362 e. The zero-order valence-corrected chi connectivity index (χ0v) is 28.2. The highest BCUT2D eigenvalue weighted by Gasteiger charge is 2.49. The third-order valence-electron chi connectivity index (χ3n) is 10.5. The average Bonchev–Trinajstić information content (AvgIpc) is 3.75.